The summed E-state index contributed by atoms with van der Waals surface area (Å²) in [6.07, 6.45) is 0. The van der Waals surface area contributed by atoms with Crippen molar-refractivity contribution in [3.63, 3.8) is 0 Å². The molecule has 1 aromatic carbocycles. The molecule has 0 saturated heterocycles. The first-order valence-corrected chi connectivity index (χ1v) is 5.21. The number of carbonyl (C=O) groups is 2. The molecule has 0 radical (unpaired) electrons. The van der Waals surface area contributed by atoms with Crippen LogP contribution in [0.5, 0.6) is 0 Å². The Bertz CT molecular complexity index is 476. The molecule has 2 N–H and O–H groups in total. The van der Waals surface area contributed by atoms with Crippen LogP contribution in [0.25, 0.3) is 0 Å². The number of nitrogens with zero attached hydrogens (tertiary/aromatic N) is 2. The molecule has 1 aromatic rings. The van der Waals surface area contributed by atoms with Crippen molar-refractivity contribution in [2.45, 2.75) is 0 Å². The predicted octanol–water partition coefficient (Wildman–Crippen LogP) is 0.513. The van der Waals surface area contributed by atoms with Gasteiger partial charge >= 0.3 is 5.97 Å². The number of hydrogen-bond donors (Lipinski definition) is 2. The molecule has 6 heteroatoms. The Morgan fingerprint density at radius 2 is 1.94 bits per heavy atom. The normalized spacial score (nSPS) is 9.83. The highest BCUT2D eigenvalue weighted by Crippen LogP contribution is 2.08. The maximum atomic E-state index is 11.5. The minimum Gasteiger partial charge on any atom is -0.480 e. The Hall–Kier alpha value is -2.39. The van der Waals surface area contributed by atoms with E-state index in [1.54, 1.807) is 31.3 Å². The Labute approximate surface area is 104 Å². The van der Waals surface area contributed by atoms with Crippen LogP contribution in [-0.2, 0) is 9.59 Å². The molecule has 0 unspecified atom stereocenters. The highest BCUT2D eigenvalue weighted by atomic mass is 16.4. The maximum Gasteiger partial charge on any atom is 0.317 e. The van der Waals surface area contributed by atoms with Gasteiger partial charge in [-0.15, -0.1) is 0 Å². The molecule has 1 rings (SSSR count). The molecule has 0 aromatic heterocycles. The molecule has 0 aliphatic carbocycles. The van der Waals surface area contributed by atoms with Gasteiger partial charge in [-0.1, -0.05) is 0 Å². The summed E-state index contributed by atoms with van der Waals surface area (Å²) in [5.74, 6) is -1.29. The minimum absolute atomic E-state index is 0.00764. The molecule has 0 saturated carbocycles. The zero-order valence-electron chi connectivity index (χ0n) is 9.88. The van der Waals surface area contributed by atoms with Crippen LogP contribution in [0, 0.1) is 11.3 Å². The Balaban J connectivity index is 2.49. The SMILES string of the molecule is CN(CC(=O)O)CC(=O)Nc1ccc(C#N)cc1. The van der Waals surface area contributed by atoms with Crippen molar-refractivity contribution >= 4 is 17.6 Å². The fraction of sp³-hybridized carbons (Fsp3) is 0.250. The molecule has 94 valence electrons. The molecule has 0 bridgehead atoms. The second kappa shape index (κ2) is 6.37. The second-order valence-electron chi connectivity index (χ2n) is 3.80. The summed E-state index contributed by atoms with van der Waals surface area (Å²) in [7, 11) is 1.55. The Kier molecular flexibility index (Phi) is 4.84. The van der Waals surface area contributed by atoms with Crippen LogP contribution in [0.4, 0.5) is 5.69 Å². The topological polar surface area (TPSA) is 93.4 Å². The fourth-order valence-corrected chi connectivity index (χ4v) is 1.36. The van der Waals surface area contributed by atoms with E-state index in [2.05, 4.69) is 5.32 Å². The van der Waals surface area contributed by atoms with Gasteiger partial charge in [0.15, 0.2) is 0 Å². The van der Waals surface area contributed by atoms with Crippen molar-refractivity contribution in [2.24, 2.45) is 0 Å². The fourth-order valence-electron chi connectivity index (χ4n) is 1.36. The van der Waals surface area contributed by atoms with Crippen molar-refractivity contribution in [3.8, 4) is 6.07 Å². The highest BCUT2D eigenvalue weighted by molar-refractivity contribution is 5.92. The Morgan fingerprint density at radius 3 is 2.44 bits per heavy atom. The minimum atomic E-state index is -0.983. The van der Waals surface area contributed by atoms with E-state index in [1.807, 2.05) is 6.07 Å². The lowest BCUT2D eigenvalue weighted by Crippen LogP contribution is -2.33. The Morgan fingerprint density at radius 1 is 1.33 bits per heavy atom. The summed E-state index contributed by atoms with van der Waals surface area (Å²) in [5, 5.41) is 19.8. The quantitative estimate of drug-likeness (QED) is 0.790. The second-order valence-corrected chi connectivity index (χ2v) is 3.80. The van der Waals surface area contributed by atoms with Crippen molar-refractivity contribution in [3.05, 3.63) is 29.8 Å². The summed E-state index contributed by atoms with van der Waals surface area (Å²) in [6, 6.07) is 8.40. The highest BCUT2D eigenvalue weighted by Gasteiger charge is 2.09. The average Bonchev–Trinajstić information content (AvgIpc) is 2.28. The van der Waals surface area contributed by atoms with E-state index in [4.69, 9.17) is 10.4 Å². The molecule has 1 amide bonds. The summed E-state index contributed by atoms with van der Waals surface area (Å²) < 4.78 is 0. The number of benzene rings is 1. The van der Waals surface area contributed by atoms with E-state index in [9.17, 15) is 9.59 Å². The number of carboxylic acid groups (broad SMARTS) is 1. The van der Waals surface area contributed by atoms with Crippen LogP contribution in [0.3, 0.4) is 0 Å². The molecule has 0 aliphatic rings. The first-order chi connectivity index (χ1) is 8.51. The third kappa shape index (κ3) is 4.63. The summed E-state index contributed by atoms with van der Waals surface area (Å²) >= 11 is 0. The number of rotatable bonds is 5. The van der Waals surface area contributed by atoms with Gasteiger partial charge in [-0.2, -0.15) is 5.26 Å². The van der Waals surface area contributed by atoms with E-state index in [0.717, 1.165) is 0 Å². The lowest BCUT2D eigenvalue weighted by atomic mass is 10.2. The zero-order valence-corrected chi connectivity index (χ0v) is 9.88. The van der Waals surface area contributed by atoms with Crippen molar-refractivity contribution < 1.29 is 14.7 Å². The van der Waals surface area contributed by atoms with Gasteiger partial charge in [0, 0.05) is 5.69 Å². The van der Waals surface area contributed by atoms with Gasteiger partial charge < -0.3 is 10.4 Å². The first kappa shape index (κ1) is 13.7. The lowest BCUT2D eigenvalue weighted by Gasteiger charge is -2.13. The van der Waals surface area contributed by atoms with Gasteiger partial charge in [0.05, 0.1) is 24.7 Å². The van der Waals surface area contributed by atoms with Crippen LogP contribution < -0.4 is 5.32 Å². The van der Waals surface area contributed by atoms with Crippen molar-refractivity contribution in [1.29, 1.82) is 5.26 Å². The molecular formula is C12H13N3O3. The smallest absolute Gasteiger partial charge is 0.317 e. The molecule has 0 fully saturated rings. The van der Waals surface area contributed by atoms with Gasteiger partial charge in [-0.3, -0.25) is 14.5 Å². The maximum absolute atomic E-state index is 11.5. The number of carboxylic acids is 1. The third-order valence-electron chi connectivity index (χ3n) is 2.12. The van der Waals surface area contributed by atoms with E-state index in [1.165, 1.54) is 4.90 Å². The molecule has 18 heavy (non-hydrogen) atoms. The molecule has 0 heterocycles. The monoisotopic (exact) mass is 247 g/mol. The number of amides is 1. The third-order valence-corrected chi connectivity index (χ3v) is 2.12. The van der Waals surface area contributed by atoms with Gasteiger partial charge in [0.25, 0.3) is 0 Å². The number of hydrogen-bond acceptors (Lipinski definition) is 4. The van der Waals surface area contributed by atoms with E-state index < -0.39 is 5.97 Å². The summed E-state index contributed by atoms with van der Waals surface area (Å²) in [5.41, 5.74) is 1.08. The van der Waals surface area contributed by atoms with Crippen molar-refractivity contribution in [1.82, 2.24) is 4.90 Å². The number of carbonyl (C=O) groups excluding carboxylic acids is 1. The van der Waals surface area contributed by atoms with E-state index >= 15 is 0 Å². The van der Waals surface area contributed by atoms with Crippen LogP contribution in [-0.4, -0.2) is 42.0 Å². The van der Waals surface area contributed by atoms with Crippen LogP contribution in [0.1, 0.15) is 5.56 Å². The molecule has 6 nitrogen and oxygen atoms in total. The van der Waals surface area contributed by atoms with Gasteiger partial charge in [-0.25, -0.2) is 0 Å². The number of anilines is 1. The predicted molar refractivity (Wildman–Crippen MR) is 64.9 cm³/mol. The number of nitrogens with one attached hydrogen (secondary N) is 1. The first-order valence-electron chi connectivity index (χ1n) is 5.21. The standard InChI is InChI=1S/C12H13N3O3/c1-15(8-12(17)18)7-11(16)14-10-4-2-9(6-13)3-5-10/h2-5H,7-8H2,1H3,(H,14,16)(H,17,18). The molecule has 0 spiro atoms. The number of aliphatic carboxylic acids is 1. The molecular weight excluding hydrogens is 234 g/mol. The lowest BCUT2D eigenvalue weighted by molar-refractivity contribution is -0.138. The van der Waals surface area contributed by atoms with Gasteiger partial charge in [-0.05, 0) is 31.3 Å². The van der Waals surface area contributed by atoms with Gasteiger partial charge in [0.2, 0.25) is 5.91 Å². The summed E-state index contributed by atoms with van der Waals surface area (Å²) in [4.78, 5) is 23.4. The van der Waals surface area contributed by atoms with Crippen LogP contribution >= 0.6 is 0 Å². The molecule has 0 atom stereocenters. The van der Waals surface area contributed by atoms with Crippen molar-refractivity contribution in [2.75, 3.05) is 25.5 Å². The van der Waals surface area contributed by atoms with Crippen LogP contribution in [0.15, 0.2) is 24.3 Å². The number of nitriles is 1. The average molecular weight is 247 g/mol. The summed E-state index contributed by atoms with van der Waals surface area (Å²) in [6.45, 7) is -0.201. The zero-order chi connectivity index (χ0) is 13.5. The van der Waals surface area contributed by atoms with E-state index in [-0.39, 0.29) is 19.0 Å². The molecule has 0 aliphatic heterocycles. The van der Waals surface area contributed by atoms with E-state index in [0.29, 0.717) is 11.3 Å². The van der Waals surface area contributed by atoms with Gasteiger partial charge in [0.1, 0.15) is 0 Å². The number of likely N-dealkylation sites (N-methyl/N-ethyl adjacent to an activating group) is 1. The largest absolute Gasteiger partial charge is 0.480 e. The van der Waals surface area contributed by atoms with Crippen LogP contribution in [0.2, 0.25) is 0 Å².